The van der Waals surface area contributed by atoms with Gasteiger partial charge in [-0.1, -0.05) is 25.4 Å². The molecule has 1 aliphatic rings. The maximum atomic E-state index is 12.2. The predicted molar refractivity (Wildman–Crippen MR) is 86.4 cm³/mol. The fourth-order valence-electron chi connectivity index (χ4n) is 2.11. The van der Waals surface area contributed by atoms with E-state index < -0.39 is 15.0 Å². The molecular weight excluding hydrogens is 401 g/mol. The molecule has 21 heavy (non-hydrogen) atoms. The largest absolute Gasteiger partial charge is 0.352 e. The molecule has 0 aromatic heterocycles. The van der Waals surface area contributed by atoms with Gasteiger partial charge in [-0.3, -0.25) is 4.79 Å². The Balaban J connectivity index is 2.22. The van der Waals surface area contributed by atoms with E-state index in [0.717, 1.165) is 6.42 Å². The second-order valence-electron chi connectivity index (χ2n) is 5.80. The number of rotatable bonds is 4. The normalized spacial score (nSPS) is 20.1. The standard InChI is InChI=1S/C13H14BrCl2NO3S/c1-13(2)5-7(13)6-17-12(18)9-3-8(21(16,19)20)4-10(14)11(9)15/h3-4,7H,5-6H2,1-2H3,(H,17,18). The minimum atomic E-state index is -3.93. The Morgan fingerprint density at radius 3 is 2.52 bits per heavy atom. The molecule has 8 heteroatoms. The van der Waals surface area contributed by atoms with Crippen LogP contribution in [0.3, 0.4) is 0 Å². The summed E-state index contributed by atoms with van der Waals surface area (Å²) in [5, 5.41) is 2.94. The van der Waals surface area contributed by atoms with Gasteiger partial charge in [-0.25, -0.2) is 8.42 Å². The van der Waals surface area contributed by atoms with Crippen LogP contribution in [-0.4, -0.2) is 20.9 Å². The maximum Gasteiger partial charge on any atom is 0.261 e. The highest BCUT2D eigenvalue weighted by atomic mass is 79.9. The molecule has 0 radical (unpaired) electrons. The highest BCUT2D eigenvalue weighted by molar-refractivity contribution is 9.10. The van der Waals surface area contributed by atoms with Crippen LogP contribution in [0.25, 0.3) is 0 Å². The molecule has 1 aliphatic carbocycles. The number of benzene rings is 1. The van der Waals surface area contributed by atoms with E-state index >= 15 is 0 Å². The number of amides is 1. The molecule has 0 heterocycles. The molecule has 0 spiro atoms. The van der Waals surface area contributed by atoms with Crippen LogP contribution >= 0.6 is 38.2 Å². The average Bonchev–Trinajstić information content (AvgIpc) is 2.96. The van der Waals surface area contributed by atoms with Crippen molar-refractivity contribution in [3.63, 3.8) is 0 Å². The Hall–Kier alpha value is -0.300. The van der Waals surface area contributed by atoms with Crippen molar-refractivity contribution in [2.45, 2.75) is 25.2 Å². The summed E-state index contributed by atoms with van der Waals surface area (Å²) in [5.74, 6) is 0.0224. The van der Waals surface area contributed by atoms with Crippen molar-refractivity contribution in [1.82, 2.24) is 5.32 Å². The van der Waals surface area contributed by atoms with E-state index in [2.05, 4.69) is 35.1 Å². The summed E-state index contributed by atoms with van der Waals surface area (Å²) in [6.07, 6.45) is 1.06. The lowest BCUT2D eigenvalue weighted by Crippen LogP contribution is -2.27. The molecule has 0 aliphatic heterocycles. The molecule has 1 unspecified atom stereocenters. The second-order valence-corrected chi connectivity index (χ2v) is 9.60. The van der Waals surface area contributed by atoms with E-state index in [1.165, 1.54) is 12.1 Å². The van der Waals surface area contributed by atoms with Crippen molar-refractivity contribution in [3.8, 4) is 0 Å². The van der Waals surface area contributed by atoms with Crippen LogP contribution in [0.5, 0.6) is 0 Å². The summed E-state index contributed by atoms with van der Waals surface area (Å²) in [6.45, 7) is 4.81. The lowest BCUT2D eigenvalue weighted by atomic mass is 10.1. The number of hydrogen-bond acceptors (Lipinski definition) is 3. The Kier molecular flexibility index (Phi) is 4.65. The van der Waals surface area contributed by atoms with Crippen LogP contribution in [0, 0.1) is 11.3 Å². The molecule has 1 fully saturated rings. The summed E-state index contributed by atoms with van der Waals surface area (Å²) in [6, 6.07) is 2.45. The zero-order chi connectivity index (χ0) is 16.0. The second kappa shape index (κ2) is 5.72. The highest BCUT2D eigenvalue weighted by Crippen LogP contribution is 2.51. The number of nitrogens with one attached hydrogen (secondary N) is 1. The van der Waals surface area contributed by atoms with Crippen LogP contribution in [0.4, 0.5) is 0 Å². The van der Waals surface area contributed by atoms with Gasteiger partial charge >= 0.3 is 0 Å². The molecule has 2 rings (SSSR count). The maximum absolute atomic E-state index is 12.2. The number of carbonyl (C=O) groups is 1. The van der Waals surface area contributed by atoms with Gasteiger partial charge in [0.05, 0.1) is 15.5 Å². The summed E-state index contributed by atoms with van der Waals surface area (Å²) in [4.78, 5) is 12.0. The molecule has 1 saturated carbocycles. The van der Waals surface area contributed by atoms with Crippen molar-refractivity contribution >= 4 is 53.2 Å². The van der Waals surface area contributed by atoms with Gasteiger partial charge in [0, 0.05) is 21.7 Å². The Labute approximate surface area is 141 Å². The fraction of sp³-hybridized carbons (Fsp3) is 0.462. The summed E-state index contributed by atoms with van der Waals surface area (Å²) >= 11 is 9.18. The molecule has 1 aromatic rings. The molecule has 4 nitrogen and oxygen atoms in total. The Bertz CT molecular complexity index is 704. The lowest BCUT2D eigenvalue weighted by Gasteiger charge is -2.10. The number of hydrogen-bond donors (Lipinski definition) is 1. The average molecular weight is 415 g/mol. The minimum absolute atomic E-state index is 0.0868. The zero-order valence-electron chi connectivity index (χ0n) is 11.4. The van der Waals surface area contributed by atoms with Gasteiger partial charge in [-0.2, -0.15) is 0 Å². The first-order valence-corrected chi connectivity index (χ1v) is 9.72. The molecule has 1 amide bonds. The quantitative estimate of drug-likeness (QED) is 0.762. The van der Waals surface area contributed by atoms with E-state index in [4.69, 9.17) is 22.3 Å². The van der Waals surface area contributed by atoms with Crippen LogP contribution in [0.15, 0.2) is 21.5 Å². The number of halogens is 3. The summed E-state index contributed by atoms with van der Waals surface area (Å²) < 4.78 is 23.1. The van der Waals surface area contributed by atoms with Crippen molar-refractivity contribution in [1.29, 1.82) is 0 Å². The zero-order valence-corrected chi connectivity index (χ0v) is 15.3. The van der Waals surface area contributed by atoms with Gasteiger partial charge in [0.15, 0.2) is 0 Å². The first-order valence-electron chi connectivity index (χ1n) is 6.24. The summed E-state index contributed by atoms with van der Waals surface area (Å²) in [5.41, 5.74) is 0.336. The third-order valence-corrected chi connectivity index (χ3v) is 6.35. The van der Waals surface area contributed by atoms with Gasteiger partial charge < -0.3 is 5.32 Å². The molecule has 0 saturated heterocycles. The highest BCUT2D eigenvalue weighted by Gasteiger charge is 2.45. The monoisotopic (exact) mass is 413 g/mol. The van der Waals surface area contributed by atoms with E-state index in [1.807, 2.05) is 0 Å². The molecular formula is C13H14BrCl2NO3S. The smallest absolute Gasteiger partial charge is 0.261 e. The summed E-state index contributed by atoms with van der Waals surface area (Å²) in [7, 11) is 1.38. The third-order valence-electron chi connectivity index (χ3n) is 3.75. The first-order chi connectivity index (χ1) is 9.52. The number of carbonyl (C=O) groups excluding carboxylic acids is 1. The SMILES string of the molecule is CC1(C)CC1CNC(=O)c1cc(S(=O)(=O)Cl)cc(Br)c1Cl. The van der Waals surface area contributed by atoms with Crippen LogP contribution in [0.1, 0.15) is 30.6 Å². The van der Waals surface area contributed by atoms with E-state index in [-0.39, 0.29) is 20.9 Å². The van der Waals surface area contributed by atoms with Crippen LogP contribution in [-0.2, 0) is 9.05 Å². The molecule has 0 bridgehead atoms. The Morgan fingerprint density at radius 1 is 1.48 bits per heavy atom. The topological polar surface area (TPSA) is 63.2 Å². The Morgan fingerprint density at radius 2 is 2.05 bits per heavy atom. The molecule has 1 aromatic carbocycles. The first kappa shape index (κ1) is 17.1. The fourth-order valence-corrected chi connectivity index (χ4v) is 3.70. The van der Waals surface area contributed by atoms with E-state index in [0.29, 0.717) is 16.9 Å². The van der Waals surface area contributed by atoms with Crippen molar-refractivity contribution in [3.05, 3.63) is 27.2 Å². The predicted octanol–water partition coefficient (Wildman–Crippen LogP) is 3.81. The van der Waals surface area contributed by atoms with Crippen LogP contribution < -0.4 is 5.32 Å². The van der Waals surface area contributed by atoms with Gasteiger partial charge in [0.25, 0.3) is 15.0 Å². The van der Waals surface area contributed by atoms with Gasteiger partial charge in [-0.05, 0) is 45.8 Å². The van der Waals surface area contributed by atoms with Gasteiger partial charge in [0.1, 0.15) is 0 Å². The van der Waals surface area contributed by atoms with Crippen molar-refractivity contribution in [2.24, 2.45) is 11.3 Å². The molecule has 1 N–H and O–H groups in total. The minimum Gasteiger partial charge on any atom is -0.352 e. The van der Waals surface area contributed by atoms with E-state index in [9.17, 15) is 13.2 Å². The van der Waals surface area contributed by atoms with Crippen molar-refractivity contribution < 1.29 is 13.2 Å². The van der Waals surface area contributed by atoms with Gasteiger partial charge in [-0.15, -0.1) is 0 Å². The lowest BCUT2D eigenvalue weighted by molar-refractivity contribution is 0.0950. The van der Waals surface area contributed by atoms with E-state index in [1.54, 1.807) is 0 Å². The molecule has 116 valence electrons. The van der Waals surface area contributed by atoms with Gasteiger partial charge in [0.2, 0.25) is 0 Å². The van der Waals surface area contributed by atoms with Crippen LogP contribution in [0.2, 0.25) is 5.02 Å². The van der Waals surface area contributed by atoms with Crippen molar-refractivity contribution in [2.75, 3.05) is 6.54 Å². The molecule has 1 atom stereocenters. The third kappa shape index (κ3) is 3.92.